The highest BCUT2D eigenvalue weighted by molar-refractivity contribution is 5.68. The van der Waals surface area contributed by atoms with Crippen molar-refractivity contribution < 1.29 is 23.7 Å². The van der Waals surface area contributed by atoms with E-state index in [9.17, 15) is 5.11 Å². The topological polar surface area (TPSA) is 104 Å². The van der Waals surface area contributed by atoms with Gasteiger partial charge in [0.25, 0.3) is 0 Å². The number of nitrogens with zero attached hydrogens (tertiary/aromatic N) is 4. The van der Waals surface area contributed by atoms with E-state index in [1.165, 1.54) is 0 Å². The van der Waals surface area contributed by atoms with Crippen molar-refractivity contribution in [2.24, 2.45) is 0 Å². The van der Waals surface area contributed by atoms with Crippen LogP contribution in [0.1, 0.15) is 22.6 Å². The number of phenols is 1. The summed E-state index contributed by atoms with van der Waals surface area (Å²) in [7, 11) is 3.19. The molecule has 33 heavy (non-hydrogen) atoms. The lowest BCUT2D eigenvalue weighted by atomic mass is 9.83. The Hall–Kier alpha value is -4.53. The highest BCUT2D eigenvalue weighted by Gasteiger charge is 2.34. The third-order valence-corrected chi connectivity index (χ3v) is 5.67. The summed E-state index contributed by atoms with van der Waals surface area (Å²) in [4.78, 5) is 9.24. The van der Waals surface area contributed by atoms with Crippen molar-refractivity contribution in [2.75, 3.05) is 14.2 Å². The molecule has 0 amide bonds. The number of ether oxygens (including phenoxy) is 3. The smallest absolute Gasteiger partial charge is 0.228 e. The molecule has 0 unspecified atom stereocenters. The number of methoxy groups -OCH3 is 2. The summed E-state index contributed by atoms with van der Waals surface area (Å²) in [5.74, 6) is 2.92. The van der Waals surface area contributed by atoms with E-state index >= 15 is 0 Å². The maximum absolute atomic E-state index is 10.1. The van der Waals surface area contributed by atoms with Gasteiger partial charge in [0.1, 0.15) is 17.8 Å². The standard InChI is InChI=1S/C24H18N4O5/c1-30-16-8-5-13(10-19(16)31-2)20-15-7-6-14(29)11-18(15)33-24-21(20)23-26-22(17-4-3-9-32-17)27-28(23)12-25-24/h3-12,20,29H,1-2H3/t20-/m0/s1. The first-order valence-corrected chi connectivity index (χ1v) is 10.2. The van der Waals surface area contributed by atoms with Crippen molar-refractivity contribution in [1.82, 2.24) is 19.6 Å². The zero-order valence-electron chi connectivity index (χ0n) is 17.7. The number of benzene rings is 2. The number of phenolic OH excluding ortho intramolecular Hbond substituents is 1. The van der Waals surface area contributed by atoms with Crippen molar-refractivity contribution in [2.45, 2.75) is 5.92 Å². The Morgan fingerprint density at radius 3 is 2.70 bits per heavy atom. The van der Waals surface area contributed by atoms with E-state index in [4.69, 9.17) is 23.6 Å². The Kier molecular flexibility index (Phi) is 4.22. The average Bonchev–Trinajstić information content (AvgIpc) is 3.52. The predicted molar refractivity (Wildman–Crippen MR) is 117 cm³/mol. The molecule has 5 aromatic rings. The van der Waals surface area contributed by atoms with E-state index in [1.807, 2.05) is 24.3 Å². The fourth-order valence-corrected chi connectivity index (χ4v) is 4.19. The van der Waals surface area contributed by atoms with Crippen LogP contribution in [0.25, 0.3) is 17.2 Å². The first kappa shape index (κ1) is 19.2. The van der Waals surface area contributed by atoms with E-state index in [2.05, 4.69) is 10.1 Å². The lowest BCUT2D eigenvalue weighted by Gasteiger charge is -2.28. The maximum Gasteiger partial charge on any atom is 0.228 e. The van der Waals surface area contributed by atoms with Crippen LogP contribution in [-0.4, -0.2) is 38.9 Å². The summed E-state index contributed by atoms with van der Waals surface area (Å²) in [5, 5.41) is 14.6. The van der Waals surface area contributed by atoms with E-state index in [-0.39, 0.29) is 11.7 Å². The number of fused-ring (bicyclic) bond motifs is 4. The molecule has 3 aromatic heterocycles. The number of aromatic nitrogens is 4. The number of furan rings is 1. The highest BCUT2D eigenvalue weighted by Crippen LogP contribution is 2.49. The summed E-state index contributed by atoms with van der Waals surface area (Å²) >= 11 is 0. The first-order chi connectivity index (χ1) is 16.2. The summed E-state index contributed by atoms with van der Waals surface area (Å²) in [6.45, 7) is 0. The van der Waals surface area contributed by atoms with Gasteiger partial charge in [-0.2, -0.15) is 0 Å². The van der Waals surface area contributed by atoms with Crippen molar-refractivity contribution in [3.63, 3.8) is 0 Å². The molecular formula is C24H18N4O5. The minimum Gasteiger partial charge on any atom is -0.508 e. The zero-order chi connectivity index (χ0) is 22.5. The van der Waals surface area contributed by atoms with E-state index in [0.29, 0.717) is 40.4 Å². The third-order valence-electron chi connectivity index (χ3n) is 5.67. The summed E-state index contributed by atoms with van der Waals surface area (Å²) < 4.78 is 24.1. The van der Waals surface area contributed by atoms with Crippen LogP contribution < -0.4 is 14.2 Å². The first-order valence-electron chi connectivity index (χ1n) is 10.2. The molecule has 1 aliphatic rings. The van der Waals surface area contributed by atoms with E-state index < -0.39 is 0 Å². The third kappa shape index (κ3) is 2.97. The van der Waals surface area contributed by atoms with Crippen LogP contribution in [0.3, 0.4) is 0 Å². The van der Waals surface area contributed by atoms with Crippen molar-refractivity contribution in [3.05, 3.63) is 77.8 Å². The molecule has 2 aromatic carbocycles. The van der Waals surface area contributed by atoms with Gasteiger partial charge in [-0.15, -0.1) is 5.10 Å². The number of aromatic hydroxyl groups is 1. The Bertz CT molecular complexity index is 1490. The monoisotopic (exact) mass is 442 g/mol. The van der Waals surface area contributed by atoms with Crippen molar-refractivity contribution >= 4 is 5.65 Å². The number of rotatable bonds is 4. The van der Waals surface area contributed by atoms with Gasteiger partial charge in [0.2, 0.25) is 11.7 Å². The van der Waals surface area contributed by atoms with Crippen LogP contribution in [-0.2, 0) is 0 Å². The Balaban J connectivity index is 1.62. The molecule has 9 heteroatoms. The predicted octanol–water partition coefficient (Wildman–Crippen LogP) is 4.39. The van der Waals surface area contributed by atoms with Crippen LogP contribution in [0.4, 0.5) is 0 Å². The number of hydrogen-bond acceptors (Lipinski definition) is 8. The Labute approximate surface area is 187 Å². The average molecular weight is 442 g/mol. The van der Waals surface area contributed by atoms with Gasteiger partial charge in [-0.3, -0.25) is 0 Å². The molecule has 0 aliphatic carbocycles. The molecule has 1 N–H and O–H groups in total. The maximum atomic E-state index is 10.1. The second-order valence-corrected chi connectivity index (χ2v) is 7.52. The summed E-state index contributed by atoms with van der Waals surface area (Å²) in [5.41, 5.74) is 3.10. The molecule has 0 radical (unpaired) electrons. The molecule has 0 saturated carbocycles. The second-order valence-electron chi connectivity index (χ2n) is 7.52. The van der Waals surface area contributed by atoms with Gasteiger partial charge in [0, 0.05) is 17.5 Å². The molecular weight excluding hydrogens is 424 g/mol. The quantitative estimate of drug-likeness (QED) is 0.429. The van der Waals surface area contributed by atoms with Crippen LogP contribution in [0.5, 0.6) is 28.9 Å². The Morgan fingerprint density at radius 1 is 1.03 bits per heavy atom. The SMILES string of the molecule is COc1ccc([C@H]2c3ccc(O)cc3Oc3ncn4nc(-c5ccco5)nc4c32)cc1OC. The van der Waals surface area contributed by atoms with E-state index in [0.717, 1.165) is 16.7 Å². The summed E-state index contributed by atoms with van der Waals surface area (Å²) in [6, 6.07) is 14.4. The van der Waals surface area contributed by atoms with Gasteiger partial charge >= 0.3 is 0 Å². The van der Waals surface area contributed by atoms with Crippen LogP contribution in [0.2, 0.25) is 0 Å². The second kappa shape index (κ2) is 7.27. The van der Waals surface area contributed by atoms with Gasteiger partial charge < -0.3 is 23.7 Å². The largest absolute Gasteiger partial charge is 0.508 e. The van der Waals surface area contributed by atoms with Crippen LogP contribution in [0, 0.1) is 0 Å². The minimum atomic E-state index is -0.311. The number of hydrogen-bond donors (Lipinski definition) is 1. The van der Waals surface area contributed by atoms with Crippen molar-refractivity contribution in [1.29, 1.82) is 0 Å². The fraction of sp³-hybridized carbons (Fsp3) is 0.125. The fourth-order valence-electron chi connectivity index (χ4n) is 4.19. The summed E-state index contributed by atoms with van der Waals surface area (Å²) in [6.07, 6.45) is 3.13. The van der Waals surface area contributed by atoms with Gasteiger partial charge in [-0.25, -0.2) is 14.5 Å². The molecule has 164 valence electrons. The van der Waals surface area contributed by atoms with Gasteiger partial charge in [-0.1, -0.05) is 12.1 Å². The molecule has 6 rings (SSSR count). The molecule has 1 aliphatic heterocycles. The molecule has 4 heterocycles. The molecule has 0 fully saturated rings. The lowest BCUT2D eigenvalue weighted by Crippen LogP contribution is -2.15. The van der Waals surface area contributed by atoms with Crippen LogP contribution >= 0.6 is 0 Å². The molecule has 1 atom stereocenters. The highest BCUT2D eigenvalue weighted by atomic mass is 16.5. The molecule has 0 bridgehead atoms. The molecule has 0 saturated heterocycles. The van der Waals surface area contributed by atoms with Gasteiger partial charge in [0.15, 0.2) is 22.9 Å². The van der Waals surface area contributed by atoms with Crippen molar-refractivity contribution in [3.8, 4) is 40.5 Å². The minimum absolute atomic E-state index is 0.104. The van der Waals surface area contributed by atoms with E-state index in [1.54, 1.807) is 55.6 Å². The van der Waals surface area contributed by atoms with Gasteiger partial charge in [0.05, 0.1) is 26.0 Å². The van der Waals surface area contributed by atoms with Gasteiger partial charge in [-0.05, 0) is 35.9 Å². The normalized spacial score (nSPS) is 14.4. The molecule has 0 spiro atoms. The molecule has 9 nitrogen and oxygen atoms in total. The Morgan fingerprint density at radius 2 is 1.91 bits per heavy atom. The van der Waals surface area contributed by atoms with Crippen LogP contribution in [0.15, 0.2) is 65.5 Å². The zero-order valence-corrected chi connectivity index (χ0v) is 17.7. The lowest BCUT2D eigenvalue weighted by molar-refractivity contribution is 0.354.